The maximum Gasteiger partial charge on any atom is 0.0462 e. The third kappa shape index (κ3) is 1.000. The van der Waals surface area contributed by atoms with Gasteiger partial charge in [-0.1, -0.05) is 18.2 Å². The van der Waals surface area contributed by atoms with E-state index in [0.29, 0.717) is 6.04 Å². The van der Waals surface area contributed by atoms with Gasteiger partial charge in [-0.3, -0.25) is 0 Å². The first-order valence-corrected chi connectivity index (χ1v) is 5.96. The number of aromatic amines is 1. The summed E-state index contributed by atoms with van der Waals surface area (Å²) in [4.78, 5) is 3.37. The van der Waals surface area contributed by atoms with Gasteiger partial charge < -0.3 is 10.3 Å². The Morgan fingerprint density at radius 2 is 2.25 bits per heavy atom. The lowest BCUT2D eigenvalue weighted by molar-refractivity contribution is 0.585. The van der Waals surface area contributed by atoms with Gasteiger partial charge in [-0.25, -0.2) is 0 Å². The van der Waals surface area contributed by atoms with Gasteiger partial charge in [0.1, 0.15) is 0 Å². The van der Waals surface area contributed by atoms with E-state index in [-0.39, 0.29) is 0 Å². The van der Waals surface area contributed by atoms with Crippen molar-refractivity contribution >= 4 is 16.5 Å². The molecule has 0 saturated carbocycles. The molecule has 2 aromatic rings. The molecule has 0 radical (unpaired) electrons. The van der Waals surface area contributed by atoms with Gasteiger partial charge in [0.2, 0.25) is 0 Å². The van der Waals surface area contributed by atoms with Crippen LogP contribution in [0.1, 0.15) is 17.5 Å². The minimum atomic E-state index is 0.530. The van der Waals surface area contributed by atoms with Gasteiger partial charge in [0.25, 0.3) is 0 Å². The van der Waals surface area contributed by atoms with Gasteiger partial charge >= 0.3 is 0 Å². The first-order chi connectivity index (χ1) is 7.93. The van der Waals surface area contributed by atoms with Crippen LogP contribution < -0.4 is 5.32 Å². The summed E-state index contributed by atoms with van der Waals surface area (Å²) >= 11 is 0. The monoisotopic (exact) mass is 210 g/mol. The molecule has 1 aromatic carbocycles. The number of aromatic nitrogens is 1. The van der Waals surface area contributed by atoms with Crippen LogP contribution >= 0.6 is 0 Å². The van der Waals surface area contributed by atoms with Crippen molar-refractivity contribution in [2.24, 2.45) is 0 Å². The zero-order chi connectivity index (χ0) is 10.5. The quantitative estimate of drug-likeness (QED) is 0.687. The third-order valence-electron chi connectivity index (χ3n) is 3.80. The van der Waals surface area contributed by atoms with Crippen LogP contribution in [0.15, 0.2) is 30.5 Å². The summed E-state index contributed by atoms with van der Waals surface area (Å²) in [6, 6.07) is 7.10. The highest BCUT2D eigenvalue weighted by atomic mass is 14.9. The maximum absolute atomic E-state index is 3.61. The molecule has 0 saturated heterocycles. The van der Waals surface area contributed by atoms with Gasteiger partial charge in [0.05, 0.1) is 0 Å². The van der Waals surface area contributed by atoms with Crippen molar-refractivity contribution in [1.82, 2.24) is 10.3 Å². The van der Waals surface area contributed by atoms with Gasteiger partial charge in [-0.2, -0.15) is 0 Å². The molecule has 2 nitrogen and oxygen atoms in total. The average molecular weight is 210 g/mol. The highest BCUT2D eigenvalue weighted by Gasteiger charge is 2.26. The Morgan fingerprint density at radius 1 is 1.25 bits per heavy atom. The molecule has 1 atom stereocenters. The number of fused-ring (bicyclic) bond motifs is 2. The highest BCUT2D eigenvalue weighted by Crippen LogP contribution is 2.37. The molecule has 16 heavy (non-hydrogen) atoms. The Morgan fingerprint density at radius 3 is 3.25 bits per heavy atom. The van der Waals surface area contributed by atoms with Gasteiger partial charge in [0, 0.05) is 23.1 Å². The number of H-pyrrole nitrogens is 1. The lowest BCUT2D eigenvalue weighted by atomic mass is 9.83. The molecule has 4 rings (SSSR count). The zero-order valence-electron chi connectivity index (χ0n) is 9.09. The molecule has 2 aliphatic rings. The van der Waals surface area contributed by atoms with E-state index in [1.807, 2.05) is 0 Å². The fourth-order valence-electron chi connectivity index (χ4n) is 3.09. The summed E-state index contributed by atoms with van der Waals surface area (Å²) < 4.78 is 0. The van der Waals surface area contributed by atoms with Crippen molar-refractivity contribution in [3.63, 3.8) is 0 Å². The summed E-state index contributed by atoms with van der Waals surface area (Å²) in [6.07, 6.45) is 6.86. The van der Waals surface area contributed by atoms with Crippen molar-refractivity contribution in [2.75, 3.05) is 6.54 Å². The SMILES string of the molecule is C1=C2c3cccc4[nH]cc(c34)CC2NCC1. The molecule has 0 bridgehead atoms. The Labute approximate surface area is 94.4 Å². The Balaban J connectivity index is 2.08. The number of benzene rings is 1. The largest absolute Gasteiger partial charge is 0.361 e. The van der Waals surface area contributed by atoms with E-state index in [2.05, 4.69) is 40.8 Å². The van der Waals surface area contributed by atoms with Crippen LogP contribution in [-0.4, -0.2) is 17.6 Å². The van der Waals surface area contributed by atoms with Crippen molar-refractivity contribution in [2.45, 2.75) is 18.9 Å². The smallest absolute Gasteiger partial charge is 0.0462 e. The second-order valence-corrected chi connectivity index (χ2v) is 4.70. The third-order valence-corrected chi connectivity index (χ3v) is 3.80. The van der Waals surface area contributed by atoms with E-state index in [9.17, 15) is 0 Å². The summed E-state index contributed by atoms with van der Waals surface area (Å²) in [6.45, 7) is 1.11. The Kier molecular flexibility index (Phi) is 1.60. The summed E-state index contributed by atoms with van der Waals surface area (Å²) in [5, 5.41) is 5.05. The summed E-state index contributed by atoms with van der Waals surface area (Å²) in [7, 11) is 0. The van der Waals surface area contributed by atoms with Gasteiger partial charge in [-0.05, 0) is 42.2 Å². The molecule has 0 fully saturated rings. The van der Waals surface area contributed by atoms with E-state index >= 15 is 0 Å². The molecular weight excluding hydrogens is 196 g/mol. The van der Waals surface area contributed by atoms with E-state index < -0.39 is 0 Å². The number of nitrogens with one attached hydrogen (secondary N) is 2. The minimum absolute atomic E-state index is 0.530. The first-order valence-electron chi connectivity index (χ1n) is 5.96. The Bertz CT molecular complexity index is 592. The second kappa shape index (κ2) is 2.98. The lowest BCUT2D eigenvalue weighted by Gasteiger charge is -2.30. The molecule has 0 amide bonds. The van der Waals surface area contributed by atoms with E-state index in [1.54, 1.807) is 0 Å². The standard InChI is InChI=1S/C14H14N2/c1-3-11-10-4-2-6-15-13(10)7-9-8-16-12(5-1)14(9)11/h1,3-5,8,13,15-16H,2,6-7H2. The summed E-state index contributed by atoms with van der Waals surface area (Å²) in [5.41, 5.74) is 5.67. The van der Waals surface area contributed by atoms with Crippen LogP contribution in [0.4, 0.5) is 0 Å². The average Bonchev–Trinajstić information content (AvgIpc) is 2.75. The minimum Gasteiger partial charge on any atom is -0.361 e. The molecule has 0 spiro atoms. The topological polar surface area (TPSA) is 27.8 Å². The van der Waals surface area contributed by atoms with Crippen molar-refractivity contribution < 1.29 is 0 Å². The number of hydrogen-bond donors (Lipinski definition) is 2. The Hall–Kier alpha value is -1.54. The molecule has 1 aliphatic carbocycles. The van der Waals surface area contributed by atoms with E-state index in [0.717, 1.165) is 19.4 Å². The predicted molar refractivity (Wildman–Crippen MR) is 66.4 cm³/mol. The zero-order valence-corrected chi connectivity index (χ0v) is 9.09. The van der Waals surface area contributed by atoms with Crippen molar-refractivity contribution in [3.8, 4) is 0 Å². The van der Waals surface area contributed by atoms with Gasteiger partial charge in [-0.15, -0.1) is 0 Å². The van der Waals surface area contributed by atoms with Gasteiger partial charge in [0.15, 0.2) is 0 Å². The molecule has 2 heteroatoms. The van der Waals surface area contributed by atoms with Crippen LogP contribution in [0.5, 0.6) is 0 Å². The van der Waals surface area contributed by atoms with Crippen molar-refractivity contribution in [3.05, 3.63) is 41.6 Å². The van der Waals surface area contributed by atoms with Crippen molar-refractivity contribution in [1.29, 1.82) is 0 Å². The lowest BCUT2D eigenvalue weighted by Crippen LogP contribution is -2.37. The molecule has 80 valence electrons. The number of hydrogen-bond acceptors (Lipinski definition) is 1. The molecule has 1 aliphatic heterocycles. The van der Waals surface area contributed by atoms with Crippen LogP contribution in [-0.2, 0) is 6.42 Å². The van der Waals surface area contributed by atoms with Crippen LogP contribution in [0.25, 0.3) is 16.5 Å². The normalized spacial score (nSPS) is 23.0. The second-order valence-electron chi connectivity index (χ2n) is 4.70. The van der Waals surface area contributed by atoms with E-state index in [4.69, 9.17) is 0 Å². The molecular formula is C14H14N2. The van der Waals surface area contributed by atoms with E-state index in [1.165, 1.54) is 27.6 Å². The van der Waals surface area contributed by atoms with Crippen LogP contribution in [0, 0.1) is 0 Å². The fourth-order valence-corrected chi connectivity index (χ4v) is 3.09. The first kappa shape index (κ1) is 8.59. The maximum atomic E-state index is 3.61. The predicted octanol–water partition coefficient (Wildman–Crippen LogP) is 2.47. The molecule has 1 unspecified atom stereocenters. The molecule has 2 heterocycles. The summed E-state index contributed by atoms with van der Waals surface area (Å²) in [5.74, 6) is 0. The van der Waals surface area contributed by atoms with Crippen LogP contribution in [0.2, 0.25) is 0 Å². The molecule has 2 N–H and O–H groups in total. The fraction of sp³-hybridized carbons (Fsp3) is 0.286. The molecule has 1 aromatic heterocycles. The van der Waals surface area contributed by atoms with Crippen LogP contribution in [0.3, 0.4) is 0 Å². The number of rotatable bonds is 0. The highest BCUT2D eigenvalue weighted by molar-refractivity contribution is 5.98.